The number of rotatable bonds is 7. The SMILES string of the molecule is COc1ccccc1NC(=O)c1sc2ncn(CC(=O)Nc3c(C)n(C)n(-c4ccccc4)c3=O)c(=O)c2c1C. The first kappa shape index (κ1) is 26.6. The topological polar surface area (TPSA) is 129 Å². The van der Waals surface area contributed by atoms with E-state index in [4.69, 9.17) is 4.74 Å². The van der Waals surface area contributed by atoms with Crippen LogP contribution in [0.3, 0.4) is 0 Å². The highest BCUT2D eigenvalue weighted by molar-refractivity contribution is 7.20. The molecule has 5 rings (SSSR count). The second-order valence-electron chi connectivity index (χ2n) is 9.05. The van der Waals surface area contributed by atoms with Crippen molar-refractivity contribution >= 4 is 44.7 Å². The van der Waals surface area contributed by atoms with Gasteiger partial charge in [-0.25, -0.2) is 9.67 Å². The second-order valence-corrected chi connectivity index (χ2v) is 10.1. The van der Waals surface area contributed by atoms with Gasteiger partial charge in [-0.15, -0.1) is 11.3 Å². The third-order valence-electron chi connectivity index (χ3n) is 6.61. The number of hydrogen-bond donors (Lipinski definition) is 2. The standard InChI is InChI=1S/C28H26N6O5S/c1-16-22-26(40-24(16)25(36)30-19-12-8-9-13-20(19)39-4)29-15-33(27(22)37)14-21(35)31-23-17(2)32(3)34(28(23)38)18-10-6-5-7-11-18/h5-13,15H,14H2,1-4H3,(H,30,36)(H,31,35). The molecule has 0 atom stereocenters. The molecule has 2 N–H and O–H groups in total. The lowest BCUT2D eigenvalue weighted by atomic mass is 10.2. The fourth-order valence-electron chi connectivity index (χ4n) is 4.46. The van der Waals surface area contributed by atoms with E-state index in [0.29, 0.717) is 38.1 Å². The molecule has 3 heterocycles. The summed E-state index contributed by atoms with van der Waals surface area (Å²) in [4.78, 5) is 57.5. The fraction of sp³-hybridized carbons (Fsp3) is 0.179. The number of carbonyl (C=O) groups is 2. The average Bonchev–Trinajstić information content (AvgIpc) is 3.40. The molecular weight excluding hydrogens is 532 g/mol. The number of anilines is 2. The van der Waals surface area contributed by atoms with Crippen LogP contribution >= 0.6 is 11.3 Å². The summed E-state index contributed by atoms with van der Waals surface area (Å²) in [5, 5.41) is 5.73. The maximum absolute atomic E-state index is 13.3. The summed E-state index contributed by atoms with van der Waals surface area (Å²) in [7, 11) is 3.24. The molecular formula is C28H26N6O5S. The van der Waals surface area contributed by atoms with Crippen LogP contribution in [-0.2, 0) is 18.4 Å². The number of carbonyl (C=O) groups excluding carboxylic acids is 2. The molecule has 0 aliphatic heterocycles. The minimum absolute atomic E-state index is 0.125. The van der Waals surface area contributed by atoms with Crippen LogP contribution < -0.4 is 26.5 Å². The number of thiophene rings is 1. The highest BCUT2D eigenvalue weighted by Crippen LogP contribution is 2.29. The number of aromatic nitrogens is 4. The van der Waals surface area contributed by atoms with E-state index in [2.05, 4.69) is 15.6 Å². The number of nitrogens with zero attached hydrogens (tertiary/aromatic N) is 4. The number of fused-ring (bicyclic) bond motifs is 1. The van der Waals surface area contributed by atoms with Crippen LogP contribution in [0.25, 0.3) is 15.9 Å². The molecule has 0 bridgehead atoms. The first-order chi connectivity index (χ1) is 19.2. The molecule has 0 saturated heterocycles. The highest BCUT2D eigenvalue weighted by Gasteiger charge is 2.22. The molecule has 12 heteroatoms. The predicted molar refractivity (Wildman–Crippen MR) is 154 cm³/mol. The number of amides is 2. The number of benzene rings is 2. The van der Waals surface area contributed by atoms with Gasteiger partial charge in [0.05, 0.1) is 40.8 Å². The quantitative estimate of drug-likeness (QED) is 0.315. The van der Waals surface area contributed by atoms with Crippen molar-refractivity contribution in [1.82, 2.24) is 18.9 Å². The van der Waals surface area contributed by atoms with Gasteiger partial charge in [0, 0.05) is 7.05 Å². The van der Waals surface area contributed by atoms with Gasteiger partial charge in [-0.2, -0.15) is 0 Å². The van der Waals surface area contributed by atoms with Crippen molar-refractivity contribution in [3.05, 3.63) is 97.8 Å². The van der Waals surface area contributed by atoms with Crippen molar-refractivity contribution in [2.24, 2.45) is 7.05 Å². The highest BCUT2D eigenvalue weighted by atomic mass is 32.1. The lowest BCUT2D eigenvalue weighted by Crippen LogP contribution is -2.29. The van der Waals surface area contributed by atoms with Crippen LogP contribution in [0.1, 0.15) is 20.9 Å². The van der Waals surface area contributed by atoms with E-state index in [1.165, 1.54) is 18.1 Å². The van der Waals surface area contributed by atoms with Crippen LogP contribution in [0, 0.1) is 13.8 Å². The zero-order valence-corrected chi connectivity index (χ0v) is 23.0. The maximum Gasteiger partial charge on any atom is 0.295 e. The molecule has 0 spiro atoms. The lowest BCUT2D eigenvalue weighted by molar-refractivity contribution is -0.116. The Morgan fingerprint density at radius 1 is 0.975 bits per heavy atom. The first-order valence-corrected chi connectivity index (χ1v) is 13.1. The van der Waals surface area contributed by atoms with Crippen LogP contribution in [0.15, 0.2) is 70.5 Å². The third-order valence-corrected chi connectivity index (χ3v) is 7.81. The van der Waals surface area contributed by atoms with Crippen molar-refractivity contribution in [2.45, 2.75) is 20.4 Å². The van der Waals surface area contributed by atoms with E-state index in [1.807, 2.05) is 18.2 Å². The van der Waals surface area contributed by atoms with E-state index >= 15 is 0 Å². The van der Waals surface area contributed by atoms with Crippen molar-refractivity contribution in [1.29, 1.82) is 0 Å². The van der Waals surface area contributed by atoms with Gasteiger partial charge in [0.1, 0.15) is 22.8 Å². The van der Waals surface area contributed by atoms with Crippen LogP contribution in [-0.4, -0.2) is 37.8 Å². The van der Waals surface area contributed by atoms with E-state index in [9.17, 15) is 19.2 Å². The first-order valence-electron chi connectivity index (χ1n) is 12.3. The normalized spacial score (nSPS) is 11.0. The Labute approximate surface area is 232 Å². The van der Waals surface area contributed by atoms with Crippen molar-refractivity contribution in [2.75, 3.05) is 17.7 Å². The van der Waals surface area contributed by atoms with Gasteiger partial charge in [0.25, 0.3) is 17.0 Å². The summed E-state index contributed by atoms with van der Waals surface area (Å²) in [5.41, 5.74) is 1.45. The summed E-state index contributed by atoms with van der Waals surface area (Å²) in [6.07, 6.45) is 1.27. The molecule has 11 nitrogen and oxygen atoms in total. The van der Waals surface area contributed by atoms with Gasteiger partial charge >= 0.3 is 0 Å². The van der Waals surface area contributed by atoms with Gasteiger partial charge in [-0.3, -0.25) is 28.4 Å². The smallest absolute Gasteiger partial charge is 0.295 e. The van der Waals surface area contributed by atoms with Gasteiger partial charge in [-0.1, -0.05) is 30.3 Å². The number of nitrogens with one attached hydrogen (secondary N) is 2. The molecule has 2 aromatic carbocycles. The molecule has 204 valence electrons. The molecule has 5 aromatic rings. The summed E-state index contributed by atoms with van der Waals surface area (Å²) < 4.78 is 9.56. The molecule has 2 amide bonds. The van der Waals surface area contributed by atoms with Crippen molar-refractivity contribution in [3.8, 4) is 11.4 Å². The summed E-state index contributed by atoms with van der Waals surface area (Å²) in [6.45, 7) is 3.03. The number of hydrogen-bond acceptors (Lipinski definition) is 7. The Kier molecular flexibility index (Phi) is 7.09. The molecule has 0 aliphatic rings. The van der Waals surface area contributed by atoms with Crippen LogP contribution in [0.4, 0.5) is 11.4 Å². The summed E-state index contributed by atoms with van der Waals surface area (Å²) in [6, 6.07) is 16.1. The van der Waals surface area contributed by atoms with Crippen LogP contribution in [0.5, 0.6) is 5.75 Å². The van der Waals surface area contributed by atoms with Crippen LogP contribution in [0.2, 0.25) is 0 Å². The fourth-order valence-corrected chi connectivity index (χ4v) is 5.50. The molecule has 0 fully saturated rings. The second kappa shape index (κ2) is 10.7. The van der Waals surface area contributed by atoms with Gasteiger partial charge in [-0.05, 0) is 43.7 Å². The predicted octanol–water partition coefficient (Wildman–Crippen LogP) is 3.46. The average molecular weight is 559 g/mol. The van der Waals surface area contributed by atoms with E-state index in [-0.39, 0.29) is 23.2 Å². The molecule has 0 aliphatic carbocycles. The minimum Gasteiger partial charge on any atom is -0.495 e. The van der Waals surface area contributed by atoms with Gasteiger partial charge in [0.15, 0.2) is 0 Å². The van der Waals surface area contributed by atoms with Crippen molar-refractivity contribution < 1.29 is 14.3 Å². The molecule has 3 aromatic heterocycles. The monoisotopic (exact) mass is 558 g/mol. The maximum atomic E-state index is 13.3. The Hall–Kier alpha value is -4.97. The molecule has 0 radical (unpaired) electrons. The Balaban J connectivity index is 1.40. The minimum atomic E-state index is -0.559. The summed E-state index contributed by atoms with van der Waals surface area (Å²) in [5.74, 6) is -0.454. The van der Waals surface area contributed by atoms with E-state index in [0.717, 1.165) is 15.9 Å². The van der Waals surface area contributed by atoms with Gasteiger partial charge in [0.2, 0.25) is 5.91 Å². The van der Waals surface area contributed by atoms with E-state index in [1.54, 1.807) is 62.0 Å². The molecule has 0 unspecified atom stereocenters. The lowest BCUT2D eigenvalue weighted by Gasteiger charge is -2.09. The number of ether oxygens (including phenoxy) is 1. The number of methoxy groups -OCH3 is 1. The number of aryl methyl sites for hydroxylation is 1. The summed E-state index contributed by atoms with van der Waals surface area (Å²) >= 11 is 1.09. The third kappa shape index (κ3) is 4.69. The molecule has 0 saturated carbocycles. The largest absolute Gasteiger partial charge is 0.495 e. The Morgan fingerprint density at radius 3 is 2.40 bits per heavy atom. The molecule has 40 heavy (non-hydrogen) atoms. The number of para-hydroxylation sites is 3. The van der Waals surface area contributed by atoms with Gasteiger partial charge < -0.3 is 15.4 Å². The van der Waals surface area contributed by atoms with Crippen molar-refractivity contribution in [3.63, 3.8) is 0 Å². The Morgan fingerprint density at radius 2 is 1.68 bits per heavy atom. The zero-order chi connectivity index (χ0) is 28.6. The Bertz CT molecular complexity index is 1880. The zero-order valence-electron chi connectivity index (χ0n) is 22.2. The van der Waals surface area contributed by atoms with E-state index < -0.39 is 17.4 Å².